The normalized spacial score (nSPS) is 20.0. The lowest BCUT2D eigenvalue weighted by molar-refractivity contribution is -0.141. The van der Waals surface area contributed by atoms with Crippen LogP contribution in [0, 0.1) is 11.8 Å². The number of carbonyl (C=O) groups is 8. The Morgan fingerprint density at radius 2 is 0.805 bits per heavy atom. The predicted molar refractivity (Wildman–Crippen MR) is 315 cm³/mol. The minimum Gasteiger partial charge on any atom is -0.347 e. The van der Waals surface area contributed by atoms with Crippen LogP contribution in [0.25, 0.3) is 22.3 Å². The molecule has 430 valence electrons. The first-order valence-corrected chi connectivity index (χ1v) is 29.0. The van der Waals surface area contributed by atoms with E-state index in [1.165, 1.54) is 34.1 Å². The Balaban J connectivity index is 0.909. The SMILES string of the molecule is CNCC(=O)NC(C(=O)N1CC(NC(=O)c2ccc(C(=O)NC3CC(C(=O)Nc4ccccc4-c4ccccc4)N(C(=O)C(NC(=O)CNC)C4CCCCC4)C3)cc2)CC1C(=O)Nc1ccccc1-c1ccccc1)C1CCCCC1. The first-order chi connectivity index (χ1) is 39.9. The molecule has 6 atom stereocenters. The van der Waals surface area contributed by atoms with Gasteiger partial charge >= 0.3 is 0 Å². The van der Waals surface area contributed by atoms with Gasteiger partial charge in [-0.15, -0.1) is 0 Å². The van der Waals surface area contributed by atoms with E-state index in [4.69, 9.17) is 0 Å². The highest BCUT2D eigenvalue weighted by Gasteiger charge is 2.46. The van der Waals surface area contributed by atoms with E-state index in [2.05, 4.69) is 42.5 Å². The second-order valence-corrected chi connectivity index (χ2v) is 22.2. The summed E-state index contributed by atoms with van der Waals surface area (Å²) in [6.45, 7) is 0.0537. The molecule has 6 unspecified atom stereocenters. The summed E-state index contributed by atoms with van der Waals surface area (Å²) in [4.78, 5) is 116. The zero-order valence-electron chi connectivity index (χ0n) is 46.8. The summed E-state index contributed by atoms with van der Waals surface area (Å²) in [6.07, 6.45) is 8.94. The Morgan fingerprint density at radius 1 is 0.451 bits per heavy atom. The number of anilines is 2. The van der Waals surface area contributed by atoms with Gasteiger partial charge in [-0.1, -0.05) is 136 Å². The van der Waals surface area contributed by atoms with Crippen molar-refractivity contribution in [1.82, 2.24) is 41.7 Å². The summed E-state index contributed by atoms with van der Waals surface area (Å²) in [7, 11) is 3.32. The number of carbonyl (C=O) groups excluding carboxylic acids is 8. The zero-order chi connectivity index (χ0) is 57.5. The van der Waals surface area contributed by atoms with E-state index in [1.54, 1.807) is 14.1 Å². The molecular formula is C64H76N10O8. The molecule has 2 saturated heterocycles. The van der Waals surface area contributed by atoms with E-state index in [-0.39, 0.29) is 85.6 Å². The smallest absolute Gasteiger partial charge is 0.251 e. The maximum Gasteiger partial charge on any atom is 0.251 e. The molecule has 0 radical (unpaired) electrons. The topological polar surface area (TPSA) is 239 Å². The number of likely N-dealkylation sites (N-methyl/N-ethyl adjacent to an activating group) is 2. The van der Waals surface area contributed by atoms with Gasteiger partial charge in [-0.25, -0.2) is 0 Å². The third-order valence-corrected chi connectivity index (χ3v) is 16.5. The van der Waals surface area contributed by atoms with Gasteiger partial charge < -0.3 is 52.3 Å². The molecule has 2 saturated carbocycles. The third kappa shape index (κ3) is 14.4. The monoisotopic (exact) mass is 1110 g/mol. The van der Waals surface area contributed by atoms with Gasteiger partial charge in [-0.05, 0) is 112 Å². The number of para-hydroxylation sites is 2. The Bertz CT molecular complexity index is 2850. The number of amides is 8. The number of benzene rings is 5. The Kier molecular flexibility index (Phi) is 19.9. The molecule has 8 amide bonds. The fourth-order valence-corrected chi connectivity index (χ4v) is 12.4. The molecule has 2 aliphatic carbocycles. The van der Waals surface area contributed by atoms with E-state index < -0.39 is 59.9 Å². The first-order valence-electron chi connectivity index (χ1n) is 29.0. The molecule has 2 aliphatic heterocycles. The van der Waals surface area contributed by atoms with Crippen molar-refractivity contribution in [3.63, 3.8) is 0 Å². The highest BCUT2D eigenvalue weighted by Crippen LogP contribution is 2.34. The maximum atomic E-state index is 14.9. The number of hydrogen-bond donors (Lipinski definition) is 8. The van der Waals surface area contributed by atoms with Crippen LogP contribution in [0.2, 0.25) is 0 Å². The Labute approximate surface area is 479 Å². The molecule has 2 heterocycles. The van der Waals surface area contributed by atoms with Crippen molar-refractivity contribution in [2.75, 3.05) is 50.9 Å². The van der Waals surface area contributed by atoms with E-state index in [9.17, 15) is 38.4 Å². The van der Waals surface area contributed by atoms with Crippen molar-refractivity contribution in [2.24, 2.45) is 11.8 Å². The second-order valence-electron chi connectivity index (χ2n) is 22.2. The number of nitrogens with zero attached hydrogens (tertiary/aromatic N) is 2. The predicted octanol–water partition coefficient (Wildman–Crippen LogP) is 6.27. The fraction of sp³-hybridized carbons (Fsp3) is 0.406. The summed E-state index contributed by atoms with van der Waals surface area (Å²) in [5.74, 6) is -3.48. The molecule has 18 heteroatoms. The highest BCUT2D eigenvalue weighted by atomic mass is 16.2. The lowest BCUT2D eigenvalue weighted by atomic mass is 9.83. The molecule has 4 fully saturated rings. The maximum absolute atomic E-state index is 14.9. The van der Waals surface area contributed by atoms with Crippen LogP contribution < -0.4 is 42.5 Å². The largest absolute Gasteiger partial charge is 0.347 e. The minimum absolute atomic E-state index is 0.0117. The van der Waals surface area contributed by atoms with Crippen LogP contribution in [0.1, 0.15) is 97.8 Å². The molecule has 5 aromatic rings. The first kappa shape index (κ1) is 58.4. The van der Waals surface area contributed by atoms with Crippen LogP contribution >= 0.6 is 0 Å². The van der Waals surface area contributed by atoms with Crippen molar-refractivity contribution in [2.45, 2.75) is 113 Å². The van der Waals surface area contributed by atoms with Crippen molar-refractivity contribution in [3.05, 3.63) is 145 Å². The van der Waals surface area contributed by atoms with Gasteiger partial charge in [-0.3, -0.25) is 38.4 Å². The lowest BCUT2D eigenvalue weighted by Crippen LogP contribution is -2.56. The van der Waals surface area contributed by atoms with Crippen molar-refractivity contribution in [3.8, 4) is 22.3 Å². The molecule has 82 heavy (non-hydrogen) atoms. The average molecular weight is 1110 g/mol. The van der Waals surface area contributed by atoms with E-state index in [1.807, 2.05) is 109 Å². The fourth-order valence-electron chi connectivity index (χ4n) is 12.4. The summed E-state index contributed by atoms with van der Waals surface area (Å²) < 4.78 is 0. The number of rotatable bonds is 20. The number of likely N-dealkylation sites (tertiary alicyclic amines) is 2. The van der Waals surface area contributed by atoms with Gasteiger partial charge in [0.25, 0.3) is 11.8 Å². The van der Waals surface area contributed by atoms with Crippen LogP contribution in [0.4, 0.5) is 11.4 Å². The van der Waals surface area contributed by atoms with Gasteiger partial charge in [0.05, 0.1) is 13.1 Å². The number of hydrogen-bond acceptors (Lipinski definition) is 10. The van der Waals surface area contributed by atoms with Gasteiger partial charge in [0.1, 0.15) is 24.2 Å². The number of nitrogens with one attached hydrogen (secondary N) is 8. The summed E-state index contributed by atoms with van der Waals surface area (Å²) in [5.41, 5.74) is 4.99. The summed E-state index contributed by atoms with van der Waals surface area (Å²) in [5, 5.41) is 24.0. The van der Waals surface area contributed by atoms with Crippen molar-refractivity contribution in [1.29, 1.82) is 0 Å². The van der Waals surface area contributed by atoms with Gasteiger partial charge in [0.15, 0.2) is 0 Å². The molecule has 9 rings (SSSR count). The van der Waals surface area contributed by atoms with Crippen LogP contribution in [0.15, 0.2) is 133 Å². The Hall–Kier alpha value is -8.22. The lowest BCUT2D eigenvalue weighted by Gasteiger charge is -2.34. The molecule has 0 aromatic heterocycles. The standard InChI is InChI=1S/C64H76N10O8/c1-65-37-55(75)71-57(43-23-11-5-12-24-43)63(81)73-39-47(35-53(73)61(79)69-51-29-17-15-27-49(51)41-19-7-3-8-20-41)67-59(77)45-31-33-46(34-32-45)60(78)68-48-36-54(62(80)70-52-30-18-16-28-50(52)42-21-9-4-10-22-42)74(40-48)64(82)58(72-56(76)38-66-2)44-25-13-6-14-26-44/h3-4,7-10,15-22,27-34,43-44,47-48,53-54,57-58,65-66H,5-6,11-14,23-26,35-40H2,1-2H3,(H,67,77)(H,68,78)(H,69,79)(H,70,80)(H,71,75)(H,72,76). The van der Waals surface area contributed by atoms with Gasteiger partial charge in [-0.2, -0.15) is 0 Å². The van der Waals surface area contributed by atoms with Crippen LogP contribution in [-0.2, 0) is 28.8 Å². The highest BCUT2D eigenvalue weighted by molar-refractivity contribution is 6.04. The molecule has 4 aliphatic rings. The molecule has 8 N–H and O–H groups in total. The molecule has 0 bridgehead atoms. The van der Waals surface area contributed by atoms with E-state index in [0.29, 0.717) is 11.4 Å². The Morgan fingerprint density at radius 3 is 1.17 bits per heavy atom. The molecule has 18 nitrogen and oxygen atoms in total. The molecule has 0 spiro atoms. The second kappa shape index (κ2) is 28.0. The third-order valence-electron chi connectivity index (χ3n) is 16.5. The van der Waals surface area contributed by atoms with Crippen LogP contribution in [0.3, 0.4) is 0 Å². The summed E-state index contributed by atoms with van der Waals surface area (Å²) in [6, 6.07) is 35.2. The van der Waals surface area contributed by atoms with Gasteiger partial charge in [0.2, 0.25) is 35.4 Å². The molecule has 5 aromatic carbocycles. The van der Waals surface area contributed by atoms with Gasteiger partial charge in [0, 0.05) is 58.8 Å². The zero-order valence-corrected chi connectivity index (χ0v) is 46.8. The summed E-state index contributed by atoms with van der Waals surface area (Å²) >= 11 is 0. The minimum atomic E-state index is -0.993. The quantitative estimate of drug-likeness (QED) is 0.0435. The van der Waals surface area contributed by atoms with Crippen LogP contribution in [-0.4, -0.2) is 134 Å². The van der Waals surface area contributed by atoms with Crippen molar-refractivity contribution >= 4 is 58.6 Å². The van der Waals surface area contributed by atoms with Crippen molar-refractivity contribution < 1.29 is 38.4 Å². The average Bonchev–Trinajstić information content (AvgIpc) is 4.36. The van der Waals surface area contributed by atoms with Crippen LogP contribution in [0.5, 0.6) is 0 Å². The van der Waals surface area contributed by atoms with E-state index >= 15 is 0 Å². The molecular weight excluding hydrogens is 1040 g/mol. The van der Waals surface area contributed by atoms with E-state index in [0.717, 1.165) is 86.5 Å².